The van der Waals surface area contributed by atoms with Crippen molar-refractivity contribution in [1.29, 1.82) is 0 Å². The van der Waals surface area contributed by atoms with Gasteiger partial charge in [0.15, 0.2) is 0 Å². The van der Waals surface area contributed by atoms with Gasteiger partial charge in [0.25, 0.3) is 0 Å². The molecule has 0 atom stereocenters. The monoisotopic (exact) mass is 531 g/mol. The highest BCUT2D eigenvalue weighted by Crippen LogP contribution is 2.26. The van der Waals surface area contributed by atoms with Crippen molar-refractivity contribution in [2.45, 2.75) is 135 Å². The van der Waals surface area contributed by atoms with E-state index in [4.69, 9.17) is 4.74 Å². The molecule has 1 aromatic heterocycles. The lowest BCUT2D eigenvalue weighted by molar-refractivity contribution is -0.134. The zero-order valence-electron chi connectivity index (χ0n) is 24.7. The van der Waals surface area contributed by atoms with Gasteiger partial charge in [-0.1, -0.05) is 141 Å². The fraction of sp³-hybridized carbons (Fsp3) is 0.583. The molecule has 2 aromatic carbocycles. The Hall–Kier alpha value is -2.55. The highest BCUT2D eigenvalue weighted by atomic mass is 16.5. The molecule has 0 bridgehead atoms. The number of carbonyl (C=O) groups is 1. The van der Waals surface area contributed by atoms with Gasteiger partial charge < -0.3 is 9.72 Å². The van der Waals surface area contributed by atoms with Crippen LogP contribution in [0.2, 0.25) is 0 Å². The van der Waals surface area contributed by atoms with Crippen molar-refractivity contribution in [2.75, 3.05) is 0 Å². The first kappa shape index (κ1) is 31.0. The molecule has 1 N–H and O–H groups in total. The van der Waals surface area contributed by atoms with E-state index in [9.17, 15) is 4.79 Å². The molecule has 0 saturated heterocycles. The Morgan fingerprint density at radius 2 is 1.10 bits per heavy atom. The molecule has 0 fully saturated rings. The lowest BCUT2D eigenvalue weighted by Crippen LogP contribution is -2.07. The molecule has 214 valence electrons. The number of unbranched alkanes of at least 4 members (excludes halogenated alkanes) is 18. The Kier molecular flexibility index (Phi) is 15.5. The van der Waals surface area contributed by atoms with Crippen molar-refractivity contribution in [3.8, 4) is 17.0 Å². The molecule has 3 rings (SSSR count). The molecule has 0 amide bonds. The fourth-order valence-corrected chi connectivity index (χ4v) is 5.46. The van der Waals surface area contributed by atoms with E-state index in [1.165, 1.54) is 115 Å². The number of esters is 1. The van der Waals surface area contributed by atoms with E-state index < -0.39 is 0 Å². The molecule has 3 aromatic rings. The first-order valence-corrected chi connectivity index (χ1v) is 16.1. The number of hydrogen-bond donors (Lipinski definition) is 1. The average Bonchev–Trinajstić information content (AvgIpc) is 3.39. The summed E-state index contributed by atoms with van der Waals surface area (Å²) >= 11 is 0. The normalized spacial score (nSPS) is 11.3. The highest BCUT2D eigenvalue weighted by Gasteiger charge is 2.07. The van der Waals surface area contributed by atoms with Gasteiger partial charge in [0.05, 0.1) is 0 Å². The van der Waals surface area contributed by atoms with Gasteiger partial charge in [0, 0.05) is 23.0 Å². The first-order valence-electron chi connectivity index (χ1n) is 16.1. The molecule has 3 heteroatoms. The molecular weight excluding hydrogens is 478 g/mol. The summed E-state index contributed by atoms with van der Waals surface area (Å²) in [5.74, 6) is 0.498. The summed E-state index contributed by atoms with van der Waals surface area (Å²) < 4.78 is 5.55. The lowest BCUT2D eigenvalue weighted by atomic mass is 10.0. The van der Waals surface area contributed by atoms with Crippen molar-refractivity contribution in [3.05, 3.63) is 54.6 Å². The number of carbonyl (C=O) groups excluding carboxylic acids is 1. The average molecular weight is 532 g/mol. The summed E-state index contributed by atoms with van der Waals surface area (Å²) in [6, 6.07) is 18.2. The number of benzene rings is 2. The second-order valence-electron chi connectivity index (χ2n) is 11.4. The minimum absolute atomic E-state index is 0.125. The van der Waals surface area contributed by atoms with Crippen LogP contribution >= 0.6 is 0 Å². The van der Waals surface area contributed by atoms with Crippen LogP contribution < -0.4 is 4.74 Å². The van der Waals surface area contributed by atoms with Crippen molar-refractivity contribution in [2.24, 2.45) is 0 Å². The largest absolute Gasteiger partial charge is 0.427 e. The van der Waals surface area contributed by atoms with Crippen LogP contribution in [-0.2, 0) is 4.79 Å². The topological polar surface area (TPSA) is 42.1 Å². The Labute approximate surface area is 238 Å². The number of para-hydroxylation sites is 1. The van der Waals surface area contributed by atoms with Gasteiger partial charge >= 0.3 is 5.97 Å². The maximum Gasteiger partial charge on any atom is 0.311 e. The summed E-state index contributed by atoms with van der Waals surface area (Å²) in [5, 5.41) is 1.20. The van der Waals surface area contributed by atoms with Crippen LogP contribution in [0, 0.1) is 0 Å². The van der Waals surface area contributed by atoms with Crippen LogP contribution in [0.25, 0.3) is 22.2 Å². The number of aromatic amines is 1. The van der Waals surface area contributed by atoms with Crippen LogP contribution in [0.1, 0.15) is 135 Å². The third-order valence-electron chi connectivity index (χ3n) is 7.91. The smallest absolute Gasteiger partial charge is 0.311 e. The van der Waals surface area contributed by atoms with Gasteiger partial charge in [-0.2, -0.15) is 0 Å². The maximum atomic E-state index is 12.2. The van der Waals surface area contributed by atoms with Crippen LogP contribution in [0.15, 0.2) is 54.6 Å². The van der Waals surface area contributed by atoms with Crippen molar-refractivity contribution in [3.63, 3.8) is 0 Å². The van der Waals surface area contributed by atoms with E-state index in [0.29, 0.717) is 12.2 Å². The maximum absolute atomic E-state index is 12.2. The summed E-state index contributed by atoms with van der Waals surface area (Å²) in [6.45, 7) is 2.29. The van der Waals surface area contributed by atoms with Crippen molar-refractivity contribution < 1.29 is 9.53 Å². The lowest BCUT2D eigenvalue weighted by Gasteiger charge is -2.06. The van der Waals surface area contributed by atoms with Crippen molar-refractivity contribution in [1.82, 2.24) is 4.98 Å². The van der Waals surface area contributed by atoms with E-state index in [0.717, 1.165) is 29.6 Å². The van der Waals surface area contributed by atoms with Crippen LogP contribution in [0.4, 0.5) is 0 Å². The Bertz CT molecular complexity index is 1000. The molecule has 0 saturated carbocycles. The van der Waals surface area contributed by atoms with Gasteiger partial charge in [-0.25, -0.2) is 0 Å². The number of fused-ring (bicyclic) bond motifs is 1. The molecule has 0 aliphatic rings. The number of nitrogens with one attached hydrogen (secondary N) is 1. The number of aromatic nitrogens is 1. The quantitative estimate of drug-likeness (QED) is 0.0795. The molecule has 0 unspecified atom stereocenters. The van der Waals surface area contributed by atoms with Crippen LogP contribution in [-0.4, -0.2) is 11.0 Å². The van der Waals surface area contributed by atoms with E-state index in [2.05, 4.69) is 30.1 Å². The highest BCUT2D eigenvalue weighted by molar-refractivity contribution is 5.85. The van der Waals surface area contributed by atoms with E-state index >= 15 is 0 Å². The molecule has 1 heterocycles. The van der Waals surface area contributed by atoms with Crippen LogP contribution in [0.5, 0.6) is 5.75 Å². The van der Waals surface area contributed by atoms with E-state index in [-0.39, 0.29) is 5.97 Å². The molecular formula is C36H53NO2. The van der Waals surface area contributed by atoms with Crippen molar-refractivity contribution >= 4 is 16.9 Å². The SMILES string of the molecule is CCCCCCCCCCCCCCCCCCCCCC(=O)Oc1ccc(-c2cc3ccccc3[nH]2)cc1. The van der Waals surface area contributed by atoms with E-state index in [1.54, 1.807) is 0 Å². The first-order chi connectivity index (χ1) is 19.3. The standard InChI is InChI=1S/C36H53NO2/c1-2-3-4-5-6-7-8-9-10-11-12-13-14-15-16-17-18-19-20-25-36(38)39-33-28-26-31(27-29-33)35-30-32-23-21-22-24-34(32)37-35/h21-24,26-30,37H,2-20,25H2,1H3. The van der Waals surface area contributed by atoms with Crippen LogP contribution in [0.3, 0.4) is 0 Å². The predicted octanol–water partition coefficient (Wildman–Crippen LogP) is 11.6. The minimum atomic E-state index is -0.125. The summed E-state index contributed by atoms with van der Waals surface area (Å²) in [6.07, 6.45) is 26.3. The second kappa shape index (κ2) is 19.5. The summed E-state index contributed by atoms with van der Waals surface area (Å²) in [4.78, 5) is 15.7. The molecule has 0 spiro atoms. The Balaban J connectivity index is 1.10. The number of hydrogen-bond acceptors (Lipinski definition) is 2. The molecule has 3 nitrogen and oxygen atoms in total. The molecule has 39 heavy (non-hydrogen) atoms. The van der Waals surface area contributed by atoms with Gasteiger partial charge in [-0.05, 0) is 48.4 Å². The number of rotatable bonds is 22. The van der Waals surface area contributed by atoms with Gasteiger partial charge in [-0.3, -0.25) is 4.79 Å². The Morgan fingerprint density at radius 3 is 1.62 bits per heavy atom. The molecule has 0 aliphatic carbocycles. The number of ether oxygens (including phenoxy) is 1. The fourth-order valence-electron chi connectivity index (χ4n) is 5.46. The van der Waals surface area contributed by atoms with E-state index in [1.807, 2.05) is 36.4 Å². The third-order valence-corrected chi connectivity index (χ3v) is 7.91. The third kappa shape index (κ3) is 12.9. The predicted molar refractivity (Wildman–Crippen MR) is 167 cm³/mol. The van der Waals surface area contributed by atoms with Gasteiger partial charge in [0.1, 0.15) is 5.75 Å². The zero-order chi connectivity index (χ0) is 27.4. The molecule has 0 aliphatic heterocycles. The van der Waals surface area contributed by atoms with Gasteiger partial charge in [0.2, 0.25) is 0 Å². The Morgan fingerprint density at radius 1 is 0.615 bits per heavy atom. The summed E-state index contributed by atoms with van der Waals surface area (Å²) in [7, 11) is 0. The molecule has 0 radical (unpaired) electrons. The summed E-state index contributed by atoms with van der Waals surface area (Å²) in [5.41, 5.74) is 3.29. The minimum Gasteiger partial charge on any atom is -0.427 e. The zero-order valence-corrected chi connectivity index (χ0v) is 24.7. The number of H-pyrrole nitrogens is 1. The van der Waals surface area contributed by atoms with Gasteiger partial charge in [-0.15, -0.1) is 0 Å². The second-order valence-corrected chi connectivity index (χ2v) is 11.4.